The van der Waals surface area contributed by atoms with Crippen molar-refractivity contribution in [3.05, 3.63) is 72.1 Å². The van der Waals surface area contributed by atoms with Gasteiger partial charge in [-0.15, -0.1) is 0 Å². The predicted molar refractivity (Wildman–Crippen MR) is 102 cm³/mol. The fourth-order valence-electron chi connectivity index (χ4n) is 3.25. The first-order valence-electron chi connectivity index (χ1n) is 9.20. The van der Waals surface area contributed by atoms with E-state index in [1.165, 1.54) is 0 Å². The van der Waals surface area contributed by atoms with E-state index in [1.807, 2.05) is 65.6 Å². The van der Waals surface area contributed by atoms with Crippen LogP contribution in [0.2, 0.25) is 0 Å². The smallest absolute Gasteiger partial charge is 0.241 e. The normalized spacial score (nSPS) is 15.0. The lowest BCUT2D eigenvalue weighted by molar-refractivity contribution is -0.132. The molecule has 0 atom stereocenters. The van der Waals surface area contributed by atoms with Crippen molar-refractivity contribution in [3.8, 4) is 11.4 Å². The Morgan fingerprint density at radius 3 is 2.30 bits per heavy atom. The number of nitrogens with zero attached hydrogens (tertiary/aromatic N) is 4. The third kappa shape index (κ3) is 4.41. The van der Waals surface area contributed by atoms with E-state index in [9.17, 15) is 4.79 Å². The van der Waals surface area contributed by atoms with Crippen LogP contribution in [-0.4, -0.2) is 52.0 Å². The summed E-state index contributed by atoms with van der Waals surface area (Å²) in [6.07, 6.45) is 0.463. The van der Waals surface area contributed by atoms with Crippen molar-refractivity contribution >= 4 is 5.91 Å². The summed E-state index contributed by atoms with van der Waals surface area (Å²) in [5.74, 6) is 1.41. The number of aromatic nitrogens is 2. The molecule has 2 aromatic carbocycles. The van der Waals surface area contributed by atoms with Crippen molar-refractivity contribution in [2.75, 3.05) is 26.2 Å². The first kappa shape index (κ1) is 17.4. The Hall–Kier alpha value is -2.99. The van der Waals surface area contributed by atoms with Crippen LogP contribution in [-0.2, 0) is 17.8 Å². The highest BCUT2D eigenvalue weighted by molar-refractivity contribution is 5.78. The van der Waals surface area contributed by atoms with E-state index >= 15 is 0 Å². The van der Waals surface area contributed by atoms with E-state index in [4.69, 9.17) is 4.52 Å². The largest absolute Gasteiger partial charge is 0.340 e. The summed E-state index contributed by atoms with van der Waals surface area (Å²) < 4.78 is 5.39. The Morgan fingerprint density at radius 1 is 0.926 bits per heavy atom. The monoisotopic (exact) mass is 362 g/mol. The van der Waals surface area contributed by atoms with Gasteiger partial charge in [-0.2, -0.15) is 4.98 Å². The molecule has 0 bridgehead atoms. The summed E-state index contributed by atoms with van der Waals surface area (Å²) in [6, 6.07) is 19.7. The van der Waals surface area contributed by atoms with Crippen molar-refractivity contribution in [2.45, 2.75) is 13.0 Å². The average molecular weight is 362 g/mol. The van der Waals surface area contributed by atoms with Gasteiger partial charge in [-0.05, 0) is 5.56 Å². The lowest BCUT2D eigenvalue weighted by atomic mass is 10.1. The van der Waals surface area contributed by atoms with Crippen LogP contribution in [0.3, 0.4) is 0 Å². The molecule has 1 aliphatic heterocycles. The van der Waals surface area contributed by atoms with E-state index in [2.05, 4.69) is 15.0 Å². The zero-order valence-corrected chi connectivity index (χ0v) is 15.1. The third-order valence-electron chi connectivity index (χ3n) is 4.78. The van der Waals surface area contributed by atoms with Crippen molar-refractivity contribution in [1.29, 1.82) is 0 Å². The molecule has 0 spiro atoms. The van der Waals surface area contributed by atoms with E-state index in [-0.39, 0.29) is 5.91 Å². The summed E-state index contributed by atoms with van der Waals surface area (Å²) in [4.78, 5) is 21.1. The topological polar surface area (TPSA) is 62.5 Å². The lowest BCUT2D eigenvalue weighted by Gasteiger charge is -2.34. The van der Waals surface area contributed by atoms with Gasteiger partial charge in [0.1, 0.15) is 0 Å². The maximum absolute atomic E-state index is 12.5. The van der Waals surface area contributed by atoms with Crippen LogP contribution in [0, 0.1) is 0 Å². The van der Waals surface area contributed by atoms with Gasteiger partial charge in [0.25, 0.3) is 0 Å². The highest BCUT2D eigenvalue weighted by Crippen LogP contribution is 2.16. The Morgan fingerprint density at radius 2 is 1.59 bits per heavy atom. The van der Waals surface area contributed by atoms with Gasteiger partial charge in [0.2, 0.25) is 17.6 Å². The molecule has 138 valence electrons. The average Bonchev–Trinajstić information content (AvgIpc) is 3.18. The van der Waals surface area contributed by atoms with Gasteiger partial charge in [0.15, 0.2) is 0 Å². The van der Waals surface area contributed by atoms with Gasteiger partial charge in [-0.25, -0.2) is 0 Å². The molecule has 1 fully saturated rings. The fraction of sp³-hybridized carbons (Fsp3) is 0.286. The number of carbonyl (C=O) groups is 1. The minimum absolute atomic E-state index is 0.185. The molecular weight excluding hydrogens is 340 g/mol. The Balaban J connectivity index is 1.28. The van der Waals surface area contributed by atoms with Gasteiger partial charge in [-0.3, -0.25) is 9.69 Å². The van der Waals surface area contributed by atoms with Crippen LogP contribution in [0.5, 0.6) is 0 Å². The van der Waals surface area contributed by atoms with Gasteiger partial charge in [0.05, 0.1) is 13.0 Å². The highest BCUT2D eigenvalue weighted by atomic mass is 16.5. The molecular formula is C21H22N4O2. The number of carbonyl (C=O) groups excluding carboxylic acids is 1. The third-order valence-corrected chi connectivity index (χ3v) is 4.78. The zero-order valence-electron chi connectivity index (χ0n) is 15.1. The highest BCUT2D eigenvalue weighted by Gasteiger charge is 2.22. The van der Waals surface area contributed by atoms with E-state index in [0.717, 1.165) is 37.3 Å². The molecule has 3 aromatic rings. The second-order valence-electron chi connectivity index (χ2n) is 6.70. The van der Waals surface area contributed by atoms with E-state index in [1.54, 1.807) is 0 Å². The molecule has 27 heavy (non-hydrogen) atoms. The quantitative estimate of drug-likeness (QED) is 0.698. The van der Waals surface area contributed by atoms with Gasteiger partial charge >= 0.3 is 0 Å². The van der Waals surface area contributed by atoms with Crippen LogP contribution >= 0.6 is 0 Å². The molecule has 4 rings (SSSR count). The summed E-state index contributed by atoms with van der Waals surface area (Å²) in [5, 5.41) is 4.06. The van der Waals surface area contributed by atoms with Crippen LogP contribution in [0.4, 0.5) is 0 Å². The molecule has 0 N–H and O–H groups in total. The van der Waals surface area contributed by atoms with Crippen molar-refractivity contribution < 1.29 is 9.32 Å². The molecule has 1 aromatic heterocycles. The first-order chi connectivity index (χ1) is 13.3. The molecule has 1 saturated heterocycles. The number of amides is 1. The molecule has 0 aliphatic carbocycles. The molecule has 2 heterocycles. The van der Waals surface area contributed by atoms with Gasteiger partial charge in [-0.1, -0.05) is 65.8 Å². The number of hydrogen-bond acceptors (Lipinski definition) is 5. The fourth-order valence-corrected chi connectivity index (χ4v) is 3.25. The Kier molecular flexibility index (Phi) is 5.25. The maximum Gasteiger partial charge on any atom is 0.241 e. The predicted octanol–water partition coefficient (Wildman–Crippen LogP) is 2.62. The van der Waals surface area contributed by atoms with E-state index in [0.29, 0.717) is 24.7 Å². The molecule has 0 saturated carbocycles. The van der Waals surface area contributed by atoms with Crippen molar-refractivity contribution in [3.63, 3.8) is 0 Å². The minimum Gasteiger partial charge on any atom is -0.340 e. The molecule has 1 amide bonds. The summed E-state index contributed by atoms with van der Waals surface area (Å²) in [6.45, 7) is 3.68. The second kappa shape index (κ2) is 8.14. The van der Waals surface area contributed by atoms with Gasteiger partial charge < -0.3 is 9.42 Å². The molecule has 6 heteroatoms. The van der Waals surface area contributed by atoms with Crippen LogP contribution in [0.15, 0.2) is 65.2 Å². The SMILES string of the molecule is O=C(Cc1ccccc1)N1CCN(Cc2nc(-c3ccccc3)no2)CC1. The number of rotatable bonds is 5. The van der Waals surface area contributed by atoms with E-state index < -0.39 is 0 Å². The standard InChI is InChI=1S/C21H22N4O2/c26-20(15-17-7-3-1-4-8-17)25-13-11-24(12-14-25)16-19-22-21(23-27-19)18-9-5-2-6-10-18/h1-10H,11-16H2. The first-order valence-corrected chi connectivity index (χ1v) is 9.20. The summed E-state index contributed by atoms with van der Waals surface area (Å²) in [7, 11) is 0. The lowest BCUT2D eigenvalue weighted by Crippen LogP contribution is -2.48. The summed E-state index contributed by atoms with van der Waals surface area (Å²) >= 11 is 0. The van der Waals surface area contributed by atoms with Crippen LogP contribution in [0.25, 0.3) is 11.4 Å². The van der Waals surface area contributed by atoms with Crippen molar-refractivity contribution in [2.24, 2.45) is 0 Å². The number of hydrogen-bond donors (Lipinski definition) is 0. The molecule has 6 nitrogen and oxygen atoms in total. The molecule has 0 unspecified atom stereocenters. The second-order valence-corrected chi connectivity index (χ2v) is 6.70. The molecule has 0 radical (unpaired) electrons. The Labute approximate surface area is 158 Å². The van der Waals surface area contributed by atoms with Gasteiger partial charge in [0, 0.05) is 31.7 Å². The summed E-state index contributed by atoms with van der Waals surface area (Å²) in [5.41, 5.74) is 2.01. The van der Waals surface area contributed by atoms with Crippen LogP contribution < -0.4 is 0 Å². The number of piperazine rings is 1. The van der Waals surface area contributed by atoms with Crippen LogP contribution in [0.1, 0.15) is 11.5 Å². The zero-order chi connectivity index (χ0) is 18.5. The van der Waals surface area contributed by atoms with Crippen molar-refractivity contribution in [1.82, 2.24) is 19.9 Å². The Bertz CT molecular complexity index is 871. The molecule has 1 aliphatic rings. The number of benzene rings is 2. The minimum atomic E-state index is 0.185. The maximum atomic E-state index is 12.5.